The number of aliphatic imine (C=N–C) groups is 1. The van der Waals surface area contributed by atoms with Crippen molar-refractivity contribution in [1.29, 1.82) is 0 Å². The number of nitrogens with zero attached hydrogens (tertiary/aromatic N) is 4. The number of hydrogen-bond donors (Lipinski definition) is 0. The highest BCUT2D eigenvalue weighted by atomic mass is 127. The summed E-state index contributed by atoms with van der Waals surface area (Å²) >= 11 is 1.74. The highest BCUT2D eigenvalue weighted by Crippen LogP contribution is 2.14. The lowest BCUT2D eigenvalue weighted by molar-refractivity contribution is 0.479. The predicted molar refractivity (Wildman–Crippen MR) is 85.4 cm³/mol. The van der Waals surface area contributed by atoms with Crippen molar-refractivity contribution in [3.8, 4) is 0 Å². The van der Waals surface area contributed by atoms with E-state index in [4.69, 9.17) is 0 Å². The molecule has 0 bridgehead atoms. The van der Waals surface area contributed by atoms with Crippen molar-refractivity contribution >= 4 is 41.3 Å². The molecule has 0 saturated heterocycles. The van der Waals surface area contributed by atoms with Crippen molar-refractivity contribution in [3.63, 3.8) is 0 Å². The van der Waals surface area contributed by atoms with Gasteiger partial charge in [-0.05, 0) is 6.42 Å². The lowest BCUT2D eigenvalue weighted by Crippen LogP contribution is -2.35. The average Bonchev–Trinajstić information content (AvgIpc) is 2.65. The molecule has 0 saturated carbocycles. The van der Waals surface area contributed by atoms with Gasteiger partial charge < -0.3 is 9.80 Å². The van der Waals surface area contributed by atoms with E-state index in [-0.39, 0.29) is 24.0 Å². The summed E-state index contributed by atoms with van der Waals surface area (Å²) < 4.78 is 0. The molecule has 0 atom stereocenters. The number of hydrogen-bond acceptors (Lipinski definition) is 3. The maximum absolute atomic E-state index is 4.56. The first-order valence-electron chi connectivity index (χ1n) is 5.37. The van der Waals surface area contributed by atoms with Crippen LogP contribution in [-0.2, 0) is 13.0 Å². The highest BCUT2D eigenvalue weighted by molar-refractivity contribution is 14.0. The average molecular weight is 368 g/mol. The van der Waals surface area contributed by atoms with Gasteiger partial charge in [0.2, 0.25) is 0 Å². The Morgan fingerprint density at radius 2 is 1.88 bits per heavy atom. The molecule has 6 heteroatoms. The van der Waals surface area contributed by atoms with Crippen LogP contribution in [0.1, 0.15) is 16.8 Å². The number of aryl methyl sites for hydroxylation is 1. The fraction of sp³-hybridized carbons (Fsp3) is 0.636. The van der Waals surface area contributed by atoms with Crippen LogP contribution in [-0.4, -0.2) is 48.9 Å². The molecular formula is C11H21IN4S. The molecule has 0 radical (unpaired) electrons. The molecule has 1 aromatic heterocycles. The van der Waals surface area contributed by atoms with Crippen LogP contribution in [0.25, 0.3) is 0 Å². The van der Waals surface area contributed by atoms with Crippen molar-refractivity contribution in [2.45, 2.75) is 19.9 Å². The molecule has 1 aromatic rings. The van der Waals surface area contributed by atoms with Gasteiger partial charge in [-0.25, -0.2) is 9.98 Å². The minimum atomic E-state index is 0. The fourth-order valence-electron chi connectivity index (χ4n) is 1.41. The van der Waals surface area contributed by atoms with Gasteiger partial charge in [0.15, 0.2) is 5.96 Å². The van der Waals surface area contributed by atoms with Gasteiger partial charge in [-0.3, -0.25) is 0 Å². The van der Waals surface area contributed by atoms with Gasteiger partial charge in [-0.15, -0.1) is 35.3 Å². The Hall–Kier alpha value is -0.370. The Morgan fingerprint density at radius 3 is 2.29 bits per heavy atom. The van der Waals surface area contributed by atoms with Gasteiger partial charge in [-0.2, -0.15) is 0 Å². The second-order valence-corrected chi connectivity index (χ2v) is 5.18. The predicted octanol–water partition coefficient (Wildman–Crippen LogP) is 2.30. The normalized spacial score (nSPS) is 9.47. The van der Waals surface area contributed by atoms with E-state index in [1.165, 1.54) is 4.88 Å². The van der Waals surface area contributed by atoms with Crippen LogP contribution in [0.3, 0.4) is 0 Å². The molecule has 98 valence electrons. The quantitative estimate of drug-likeness (QED) is 0.466. The molecule has 0 aliphatic carbocycles. The topological polar surface area (TPSA) is 31.7 Å². The van der Waals surface area contributed by atoms with Crippen LogP contribution in [0.15, 0.2) is 11.2 Å². The Kier molecular flexibility index (Phi) is 7.69. The van der Waals surface area contributed by atoms with Crippen molar-refractivity contribution in [1.82, 2.24) is 14.8 Å². The van der Waals surface area contributed by atoms with Gasteiger partial charge >= 0.3 is 0 Å². The number of halogens is 1. The minimum absolute atomic E-state index is 0. The first-order chi connectivity index (χ1) is 7.54. The zero-order valence-electron chi connectivity index (χ0n) is 11.1. The number of rotatable bonds is 3. The largest absolute Gasteiger partial charge is 0.349 e. The summed E-state index contributed by atoms with van der Waals surface area (Å²) in [6, 6.07) is 0. The van der Waals surface area contributed by atoms with Crippen molar-refractivity contribution < 1.29 is 0 Å². The standard InChI is InChI=1S/C11H20N4S.HI/c1-6-9-7-12-10(16-9)8-13-11(14(2)3)15(4)5;/h7H,6,8H2,1-5H3;1H. The Bertz CT molecular complexity index is 350. The Labute approximate surface area is 125 Å². The van der Waals surface area contributed by atoms with E-state index >= 15 is 0 Å². The fourth-order valence-corrected chi connectivity index (χ4v) is 2.19. The van der Waals surface area contributed by atoms with Crippen molar-refractivity contribution in [2.24, 2.45) is 4.99 Å². The van der Waals surface area contributed by atoms with E-state index in [0.717, 1.165) is 17.4 Å². The molecule has 4 nitrogen and oxygen atoms in total. The number of guanidine groups is 1. The molecule has 0 aliphatic rings. The number of aromatic nitrogens is 1. The van der Waals surface area contributed by atoms with E-state index in [9.17, 15) is 0 Å². The van der Waals surface area contributed by atoms with Gasteiger partial charge in [0.1, 0.15) is 5.01 Å². The summed E-state index contributed by atoms with van der Waals surface area (Å²) in [4.78, 5) is 14.2. The third-order valence-electron chi connectivity index (χ3n) is 2.11. The van der Waals surface area contributed by atoms with Crippen LogP contribution in [0.4, 0.5) is 0 Å². The second-order valence-electron chi connectivity index (χ2n) is 3.98. The first kappa shape index (κ1) is 16.6. The zero-order chi connectivity index (χ0) is 12.1. The van der Waals surface area contributed by atoms with Crippen molar-refractivity contribution in [2.75, 3.05) is 28.2 Å². The van der Waals surface area contributed by atoms with Crippen molar-refractivity contribution in [3.05, 3.63) is 16.1 Å². The molecule has 0 aliphatic heterocycles. The second kappa shape index (κ2) is 7.86. The van der Waals surface area contributed by atoms with E-state index in [0.29, 0.717) is 6.54 Å². The summed E-state index contributed by atoms with van der Waals surface area (Å²) in [7, 11) is 7.99. The SMILES string of the molecule is CCc1cnc(CN=C(N(C)C)N(C)C)s1.I. The maximum Gasteiger partial charge on any atom is 0.195 e. The maximum atomic E-state index is 4.56. The van der Waals surface area contributed by atoms with Gasteiger partial charge in [0.25, 0.3) is 0 Å². The molecule has 0 N–H and O–H groups in total. The lowest BCUT2D eigenvalue weighted by Gasteiger charge is -2.22. The van der Waals surface area contributed by atoms with Gasteiger partial charge in [0.05, 0.1) is 6.54 Å². The van der Waals surface area contributed by atoms with Gasteiger partial charge in [0, 0.05) is 39.3 Å². The van der Waals surface area contributed by atoms with Gasteiger partial charge in [-0.1, -0.05) is 6.92 Å². The lowest BCUT2D eigenvalue weighted by atomic mass is 10.4. The smallest absolute Gasteiger partial charge is 0.195 e. The molecule has 1 rings (SSSR count). The summed E-state index contributed by atoms with van der Waals surface area (Å²) in [6.07, 6.45) is 3.00. The Morgan fingerprint density at radius 1 is 1.29 bits per heavy atom. The Balaban J connectivity index is 0.00000256. The molecule has 0 unspecified atom stereocenters. The minimum Gasteiger partial charge on any atom is -0.349 e. The van der Waals surface area contributed by atoms with E-state index in [1.54, 1.807) is 11.3 Å². The molecule has 0 aromatic carbocycles. The molecular weight excluding hydrogens is 347 g/mol. The molecule has 0 amide bonds. The zero-order valence-corrected chi connectivity index (χ0v) is 14.2. The first-order valence-corrected chi connectivity index (χ1v) is 6.19. The van der Waals surface area contributed by atoms with Crippen LogP contribution >= 0.6 is 35.3 Å². The molecule has 0 fully saturated rings. The van der Waals surface area contributed by atoms with Crippen LogP contribution in [0, 0.1) is 0 Å². The van der Waals surface area contributed by atoms with Crippen LogP contribution in [0.5, 0.6) is 0 Å². The molecule has 1 heterocycles. The highest BCUT2D eigenvalue weighted by Gasteiger charge is 2.05. The van der Waals surface area contributed by atoms with E-state index in [1.807, 2.05) is 44.2 Å². The summed E-state index contributed by atoms with van der Waals surface area (Å²) in [6.45, 7) is 2.81. The third kappa shape index (κ3) is 5.20. The summed E-state index contributed by atoms with van der Waals surface area (Å²) in [5, 5.41) is 1.08. The monoisotopic (exact) mass is 368 g/mol. The summed E-state index contributed by atoms with van der Waals surface area (Å²) in [5.74, 6) is 0.966. The molecule has 0 spiro atoms. The third-order valence-corrected chi connectivity index (χ3v) is 3.23. The van der Waals surface area contributed by atoms with E-state index in [2.05, 4.69) is 16.9 Å². The van der Waals surface area contributed by atoms with Crippen LogP contribution in [0.2, 0.25) is 0 Å². The summed E-state index contributed by atoms with van der Waals surface area (Å²) in [5.41, 5.74) is 0. The van der Waals surface area contributed by atoms with E-state index < -0.39 is 0 Å². The molecule has 17 heavy (non-hydrogen) atoms. The number of thiazole rings is 1. The van der Waals surface area contributed by atoms with Crippen LogP contribution < -0.4 is 0 Å².